The molecule has 1 aromatic rings. The SMILES string of the molecule is CCOc1ccc(C(C)NC(=NC)NCC2(C)COC2)cc1OCC. The standard InChI is InChI=1S/C19H31N3O3/c1-6-24-16-9-8-15(10-17(16)25-7-2)14(3)22-18(20-5)21-11-19(4)12-23-13-19/h8-10,14H,6-7,11-13H2,1-5H3,(H2,20,21,22). The Labute approximate surface area is 151 Å². The Hall–Kier alpha value is -1.95. The molecule has 6 nitrogen and oxygen atoms in total. The van der Waals surface area contributed by atoms with Crippen molar-refractivity contribution in [2.45, 2.75) is 33.7 Å². The summed E-state index contributed by atoms with van der Waals surface area (Å²) in [7, 11) is 1.78. The van der Waals surface area contributed by atoms with Gasteiger partial charge >= 0.3 is 0 Å². The van der Waals surface area contributed by atoms with E-state index in [2.05, 4.69) is 35.5 Å². The Morgan fingerprint density at radius 3 is 2.48 bits per heavy atom. The number of hydrogen-bond donors (Lipinski definition) is 2. The summed E-state index contributed by atoms with van der Waals surface area (Å²) in [5.41, 5.74) is 1.32. The highest BCUT2D eigenvalue weighted by Crippen LogP contribution is 2.30. The van der Waals surface area contributed by atoms with E-state index in [-0.39, 0.29) is 11.5 Å². The van der Waals surface area contributed by atoms with Gasteiger partial charge in [0, 0.05) is 19.0 Å². The summed E-state index contributed by atoms with van der Waals surface area (Å²) in [4.78, 5) is 4.32. The van der Waals surface area contributed by atoms with Crippen LogP contribution in [-0.4, -0.2) is 46.0 Å². The Morgan fingerprint density at radius 2 is 1.92 bits per heavy atom. The van der Waals surface area contributed by atoms with E-state index in [1.165, 1.54) is 0 Å². The topological polar surface area (TPSA) is 64.1 Å². The Morgan fingerprint density at radius 1 is 1.24 bits per heavy atom. The number of rotatable bonds is 8. The largest absolute Gasteiger partial charge is 0.490 e. The molecule has 1 atom stereocenters. The minimum absolute atomic E-state index is 0.0894. The van der Waals surface area contributed by atoms with E-state index in [1.807, 2.05) is 26.0 Å². The first-order valence-electron chi connectivity index (χ1n) is 8.95. The predicted molar refractivity (Wildman–Crippen MR) is 101 cm³/mol. The van der Waals surface area contributed by atoms with Crippen LogP contribution in [0.2, 0.25) is 0 Å². The van der Waals surface area contributed by atoms with Crippen molar-refractivity contribution in [3.63, 3.8) is 0 Å². The first-order chi connectivity index (χ1) is 12.0. The van der Waals surface area contributed by atoms with Crippen LogP contribution in [0, 0.1) is 5.41 Å². The Balaban J connectivity index is 2.00. The molecule has 1 fully saturated rings. The maximum absolute atomic E-state index is 5.71. The van der Waals surface area contributed by atoms with Gasteiger partial charge in [0.25, 0.3) is 0 Å². The number of nitrogens with zero attached hydrogens (tertiary/aromatic N) is 1. The lowest BCUT2D eigenvalue weighted by Gasteiger charge is -2.38. The van der Waals surface area contributed by atoms with E-state index < -0.39 is 0 Å². The highest BCUT2D eigenvalue weighted by Gasteiger charge is 2.33. The van der Waals surface area contributed by atoms with Crippen molar-refractivity contribution in [1.29, 1.82) is 0 Å². The quantitative estimate of drug-likeness (QED) is 0.558. The summed E-state index contributed by atoms with van der Waals surface area (Å²) in [5.74, 6) is 2.34. The summed E-state index contributed by atoms with van der Waals surface area (Å²) < 4.78 is 16.6. The molecule has 0 amide bonds. The second-order valence-corrected chi connectivity index (χ2v) is 6.67. The maximum atomic E-state index is 5.71. The summed E-state index contributed by atoms with van der Waals surface area (Å²) in [6.07, 6.45) is 0. The summed E-state index contributed by atoms with van der Waals surface area (Å²) in [6, 6.07) is 6.14. The zero-order valence-corrected chi connectivity index (χ0v) is 16.0. The van der Waals surface area contributed by atoms with E-state index >= 15 is 0 Å². The molecule has 1 heterocycles. The molecule has 1 aliphatic heterocycles. The molecular formula is C19H31N3O3. The molecular weight excluding hydrogens is 318 g/mol. The highest BCUT2D eigenvalue weighted by molar-refractivity contribution is 5.80. The van der Waals surface area contributed by atoms with E-state index in [0.717, 1.165) is 42.8 Å². The second-order valence-electron chi connectivity index (χ2n) is 6.67. The van der Waals surface area contributed by atoms with E-state index in [1.54, 1.807) is 7.05 Å². The third-order valence-electron chi connectivity index (χ3n) is 4.23. The monoisotopic (exact) mass is 349 g/mol. The Bertz CT molecular complexity index is 585. The molecule has 1 aromatic carbocycles. The number of guanidine groups is 1. The van der Waals surface area contributed by atoms with Crippen LogP contribution in [0.25, 0.3) is 0 Å². The first-order valence-corrected chi connectivity index (χ1v) is 8.95. The van der Waals surface area contributed by atoms with Gasteiger partial charge in [-0.15, -0.1) is 0 Å². The van der Waals surface area contributed by atoms with Crippen LogP contribution in [0.1, 0.15) is 39.3 Å². The smallest absolute Gasteiger partial charge is 0.191 e. The summed E-state index contributed by atoms with van der Waals surface area (Å²) in [5, 5.41) is 6.81. The van der Waals surface area contributed by atoms with Crippen molar-refractivity contribution in [3.05, 3.63) is 23.8 Å². The normalized spacial score (nSPS) is 17.4. The van der Waals surface area contributed by atoms with E-state index in [4.69, 9.17) is 14.2 Å². The van der Waals surface area contributed by atoms with Crippen LogP contribution >= 0.6 is 0 Å². The van der Waals surface area contributed by atoms with Gasteiger partial charge in [-0.1, -0.05) is 13.0 Å². The van der Waals surface area contributed by atoms with Gasteiger partial charge in [-0.2, -0.15) is 0 Å². The van der Waals surface area contributed by atoms with Crippen LogP contribution in [0.4, 0.5) is 0 Å². The van der Waals surface area contributed by atoms with Gasteiger partial charge in [-0.05, 0) is 38.5 Å². The molecule has 0 saturated carbocycles. The molecule has 1 aliphatic rings. The molecule has 6 heteroatoms. The molecule has 1 saturated heterocycles. The van der Waals surface area contributed by atoms with Crippen molar-refractivity contribution in [3.8, 4) is 11.5 Å². The molecule has 0 aromatic heterocycles. The number of nitrogens with one attached hydrogen (secondary N) is 2. The fraction of sp³-hybridized carbons (Fsp3) is 0.632. The summed E-state index contributed by atoms with van der Waals surface area (Å²) in [6.45, 7) is 11.9. The zero-order valence-electron chi connectivity index (χ0n) is 16.0. The maximum Gasteiger partial charge on any atom is 0.191 e. The number of aliphatic imine (C=N–C) groups is 1. The fourth-order valence-electron chi connectivity index (χ4n) is 2.67. The van der Waals surface area contributed by atoms with E-state index in [9.17, 15) is 0 Å². The van der Waals surface area contributed by atoms with Crippen LogP contribution in [0.3, 0.4) is 0 Å². The van der Waals surface area contributed by atoms with Crippen LogP contribution in [0.15, 0.2) is 23.2 Å². The third-order valence-corrected chi connectivity index (χ3v) is 4.23. The fourth-order valence-corrected chi connectivity index (χ4v) is 2.67. The molecule has 0 aliphatic carbocycles. The highest BCUT2D eigenvalue weighted by atomic mass is 16.5. The number of benzene rings is 1. The van der Waals surface area contributed by atoms with Gasteiger partial charge in [0.2, 0.25) is 0 Å². The minimum Gasteiger partial charge on any atom is -0.490 e. The molecule has 2 rings (SSSR count). The van der Waals surface area contributed by atoms with Gasteiger partial charge in [0.1, 0.15) is 0 Å². The second kappa shape index (κ2) is 8.94. The predicted octanol–water partition coefficient (Wildman–Crippen LogP) is 2.75. The molecule has 0 spiro atoms. The van der Waals surface area contributed by atoms with Crippen molar-refractivity contribution < 1.29 is 14.2 Å². The van der Waals surface area contributed by atoms with Crippen molar-refractivity contribution in [2.24, 2.45) is 10.4 Å². The molecule has 140 valence electrons. The molecule has 2 N–H and O–H groups in total. The van der Waals surface area contributed by atoms with Gasteiger partial charge in [-0.3, -0.25) is 4.99 Å². The first kappa shape index (κ1) is 19.4. The molecule has 0 bridgehead atoms. The van der Waals surface area contributed by atoms with Crippen molar-refractivity contribution >= 4 is 5.96 Å². The van der Waals surface area contributed by atoms with Gasteiger partial charge in [-0.25, -0.2) is 0 Å². The van der Waals surface area contributed by atoms with Crippen molar-refractivity contribution in [2.75, 3.05) is 40.0 Å². The third kappa shape index (κ3) is 5.26. The number of ether oxygens (including phenoxy) is 3. The lowest BCUT2D eigenvalue weighted by Crippen LogP contribution is -2.51. The van der Waals surface area contributed by atoms with Crippen LogP contribution in [-0.2, 0) is 4.74 Å². The molecule has 1 unspecified atom stereocenters. The minimum atomic E-state index is 0.0894. The van der Waals surface area contributed by atoms with Gasteiger partial charge in [0.15, 0.2) is 17.5 Å². The van der Waals surface area contributed by atoms with Crippen molar-refractivity contribution in [1.82, 2.24) is 10.6 Å². The lowest BCUT2D eigenvalue weighted by atomic mass is 9.89. The molecule has 0 radical (unpaired) electrons. The average Bonchev–Trinajstić information content (AvgIpc) is 2.58. The van der Waals surface area contributed by atoms with Crippen LogP contribution in [0.5, 0.6) is 11.5 Å². The number of hydrogen-bond acceptors (Lipinski definition) is 4. The average molecular weight is 349 g/mol. The Kier molecular flexibility index (Phi) is 6.93. The lowest BCUT2D eigenvalue weighted by molar-refractivity contribution is -0.0971. The van der Waals surface area contributed by atoms with Crippen LogP contribution < -0.4 is 20.1 Å². The molecule has 25 heavy (non-hydrogen) atoms. The zero-order chi connectivity index (χ0) is 18.3. The van der Waals surface area contributed by atoms with E-state index in [0.29, 0.717) is 13.2 Å². The van der Waals surface area contributed by atoms with Gasteiger partial charge < -0.3 is 24.8 Å². The van der Waals surface area contributed by atoms with Gasteiger partial charge in [0.05, 0.1) is 32.5 Å². The summed E-state index contributed by atoms with van der Waals surface area (Å²) >= 11 is 0.